The third-order valence-electron chi connectivity index (χ3n) is 8.03. The van der Waals surface area contributed by atoms with Gasteiger partial charge in [0, 0.05) is 27.7 Å². The van der Waals surface area contributed by atoms with Crippen LogP contribution in [0, 0.1) is 0 Å². The summed E-state index contributed by atoms with van der Waals surface area (Å²) >= 11 is 15.5. The highest BCUT2D eigenvalue weighted by molar-refractivity contribution is 9.09. The number of aromatic nitrogens is 8. The van der Waals surface area contributed by atoms with Crippen molar-refractivity contribution in [2.45, 2.75) is 62.2 Å². The van der Waals surface area contributed by atoms with Gasteiger partial charge in [0.2, 0.25) is 0 Å². The van der Waals surface area contributed by atoms with Crippen LogP contribution in [0.1, 0.15) is 67.1 Å². The number of nitrogens with one attached hydrogen (secondary N) is 1. The molecule has 0 radical (unpaired) electrons. The van der Waals surface area contributed by atoms with Gasteiger partial charge in [0.05, 0.1) is 28.2 Å². The van der Waals surface area contributed by atoms with Crippen molar-refractivity contribution < 1.29 is 0 Å². The van der Waals surface area contributed by atoms with Crippen LogP contribution in [0.2, 0.25) is 10.0 Å². The monoisotopic (exact) mass is 706 g/mol. The number of rotatable bonds is 5. The molecule has 45 heavy (non-hydrogen) atoms. The van der Waals surface area contributed by atoms with E-state index in [4.69, 9.17) is 39.8 Å². The molecule has 2 aromatic carbocycles. The number of H-pyrrole nitrogens is 1. The highest BCUT2D eigenvalue weighted by Gasteiger charge is 2.25. The minimum Gasteiger partial charge on any atom is -0.383 e. The van der Waals surface area contributed by atoms with Crippen molar-refractivity contribution in [3.8, 4) is 0 Å². The molecule has 13 heteroatoms. The Hall–Kier alpha value is -3.80. The lowest BCUT2D eigenvalue weighted by atomic mass is 9.93. The second-order valence-corrected chi connectivity index (χ2v) is 13.4. The molecule has 0 spiro atoms. The van der Waals surface area contributed by atoms with Gasteiger partial charge in [0.1, 0.15) is 24.3 Å². The van der Waals surface area contributed by atoms with E-state index in [1.54, 1.807) is 0 Å². The number of halogens is 3. The Morgan fingerprint density at radius 1 is 0.800 bits per heavy atom. The lowest BCUT2D eigenvalue weighted by Gasteiger charge is -2.25. The van der Waals surface area contributed by atoms with E-state index in [0.717, 1.165) is 61.6 Å². The van der Waals surface area contributed by atoms with Crippen LogP contribution >= 0.6 is 39.1 Å². The zero-order valence-corrected chi connectivity index (χ0v) is 27.6. The highest BCUT2D eigenvalue weighted by Crippen LogP contribution is 2.35. The number of anilines is 2. The first kappa shape index (κ1) is 31.2. The highest BCUT2D eigenvalue weighted by atomic mass is 79.9. The molecular weight excluding hydrogens is 675 g/mol. The Morgan fingerprint density at radius 2 is 1.40 bits per heavy atom. The fourth-order valence-electron chi connectivity index (χ4n) is 5.19. The predicted octanol–water partition coefficient (Wildman–Crippen LogP) is 7.49. The average molecular weight is 708 g/mol. The van der Waals surface area contributed by atoms with E-state index in [0.29, 0.717) is 41.2 Å². The Bertz CT molecular complexity index is 1920. The average Bonchev–Trinajstić information content (AvgIpc) is 3.55. The number of nitrogens with zero attached hydrogens (tertiary/aromatic N) is 7. The maximum Gasteiger partial charge on any atom is 0.186 e. The number of hydrogen-bond acceptors (Lipinski definition) is 8. The van der Waals surface area contributed by atoms with E-state index >= 15 is 0 Å². The SMILES string of the molecule is BrC1CCC1.Nc1ncnc2c1c(Cc1cccc(Cl)c1)nn2C1CCC1.Nc1ncnc2n[nH]c(Cc3cccc(Cl)c3)c12. The molecule has 2 aliphatic carbocycles. The fourth-order valence-corrected chi connectivity index (χ4v) is 6.27. The Kier molecular flexibility index (Phi) is 9.77. The molecule has 8 rings (SSSR count). The van der Waals surface area contributed by atoms with Gasteiger partial charge in [-0.05, 0) is 67.5 Å². The molecule has 10 nitrogen and oxygen atoms in total. The van der Waals surface area contributed by atoms with Crippen LogP contribution in [0.3, 0.4) is 0 Å². The normalized spacial score (nSPS) is 14.6. The zero-order valence-electron chi connectivity index (χ0n) is 24.5. The summed E-state index contributed by atoms with van der Waals surface area (Å²) in [6.07, 6.45) is 12.0. The van der Waals surface area contributed by atoms with Crippen molar-refractivity contribution >= 4 is 72.8 Å². The molecule has 0 unspecified atom stereocenters. The van der Waals surface area contributed by atoms with Gasteiger partial charge in [-0.25, -0.2) is 24.6 Å². The van der Waals surface area contributed by atoms with Gasteiger partial charge in [-0.15, -0.1) is 0 Å². The first-order valence-corrected chi connectivity index (χ1v) is 16.6. The lowest BCUT2D eigenvalue weighted by Crippen LogP contribution is -2.18. The molecule has 4 aromatic heterocycles. The zero-order chi connectivity index (χ0) is 31.3. The molecule has 232 valence electrons. The van der Waals surface area contributed by atoms with Crippen molar-refractivity contribution in [1.82, 2.24) is 39.9 Å². The lowest BCUT2D eigenvalue weighted by molar-refractivity contribution is 0.295. The summed E-state index contributed by atoms with van der Waals surface area (Å²) in [6, 6.07) is 15.9. The number of fused-ring (bicyclic) bond motifs is 2. The van der Waals surface area contributed by atoms with Gasteiger partial charge in [0.25, 0.3) is 0 Å². The van der Waals surface area contributed by atoms with Crippen molar-refractivity contribution in [2.75, 3.05) is 11.5 Å². The van der Waals surface area contributed by atoms with Crippen molar-refractivity contribution in [3.05, 3.63) is 93.7 Å². The summed E-state index contributed by atoms with van der Waals surface area (Å²) < 4.78 is 2.02. The molecule has 5 N–H and O–H groups in total. The number of nitrogen functional groups attached to an aromatic ring is 2. The van der Waals surface area contributed by atoms with Gasteiger partial charge in [-0.1, -0.05) is 69.8 Å². The molecule has 2 fully saturated rings. The summed E-state index contributed by atoms with van der Waals surface area (Å²) in [5.41, 5.74) is 17.4. The van der Waals surface area contributed by atoms with E-state index in [-0.39, 0.29) is 0 Å². The van der Waals surface area contributed by atoms with Gasteiger partial charge in [-0.3, -0.25) is 5.10 Å². The largest absolute Gasteiger partial charge is 0.383 e. The van der Waals surface area contributed by atoms with Crippen LogP contribution < -0.4 is 11.5 Å². The first-order chi connectivity index (χ1) is 21.9. The van der Waals surface area contributed by atoms with Crippen LogP contribution in [-0.4, -0.2) is 44.7 Å². The number of alkyl halides is 1. The molecular formula is C32H33BrCl2N10. The van der Waals surface area contributed by atoms with E-state index in [1.807, 2.05) is 53.2 Å². The van der Waals surface area contributed by atoms with Crippen LogP contribution in [0.15, 0.2) is 61.2 Å². The summed E-state index contributed by atoms with van der Waals surface area (Å²) in [6.45, 7) is 0. The third-order valence-corrected chi connectivity index (χ3v) is 9.42. The summed E-state index contributed by atoms with van der Waals surface area (Å²) in [5, 5.41) is 14.9. The molecule has 2 saturated carbocycles. The smallest absolute Gasteiger partial charge is 0.186 e. The van der Waals surface area contributed by atoms with E-state index in [2.05, 4.69) is 46.1 Å². The Balaban J connectivity index is 0.000000139. The molecule has 0 amide bonds. The number of nitrogens with two attached hydrogens (primary N) is 2. The summed E-state index contributed by atoms with van der Waals surface area (Å²) in [4.78, 5) is 17.5. The minimum absolute atomic E-state index is 0.435. The standard InChI is InChI=1S/C16H16ClN5.C12H10ClN5.C4H7Br/c17-11-4-1-3-10(7-11)8-13-14-15(18)19-9-20-16(14)22(21-13)12-5-2-6-12;13-8-3-1-2-7(4-8)5-9-10-11(14)15-6-16-12(10)18-17-9;5-4-2-1-3-4/h1,3-4,7,9,12H,2,5-6,8H2,(H2,18,19,20);1-4,6H,5H2,(H3,14,15,16,17,18);4H,1-3H2. The Labute approximate surface area is 279 Å². The van der Waals surface area contributed by atoms with Gasteiger partial charge in [0.15, 0.2) is 11.3 Å². The third kappa shape index (κ3) is 7.37. The van der Waals surface area contributed by atoms with E-state index in [9.17, 15) is 0 Å². The van der Waals surface area contributed by atoms with Crippen LogP contribution in [0.25, 0.3) is 22.1 Å². The van der Waals surface area contributed by atoms with Crippen molar-refractivity contribution in [3.63, 3.8) is 0 Å². The fraction of sp³-hybridized carbons (Fsp3) is 0.312. The first-order valence-electron chi connectivity index (χ1n) is 14.9. The molecule has 0 atom stereocenters. The minimum atomic E-state index is 0.435. The number of hydrogen-bond donors (Lipinski definition) is 3. The van der Waals surface area contributed by atoms with Crippen molar-refractivity contribution in [1.29, 1.82) is 0 Å². The maximum atomic E-state index is 6.08. The quantitative estimate of drug-likeness (QED) is 0.156. The molecule has 2 aliphatic rings. The second kappa shape index (κ2) is 14.1. The van der Waals surface area contributed by atoms with Crippen LogP contribution in [0.5, 0.6) is 0 Å². The number of benzene rings is 2. The molecule has 6 aromatic rings. The van der Waals surface area contributed by atoms with E-state index < -0.39 is 0 Å². The number of aromatic amines is 1. The maximum absolute atomic E-state index is 6.08. The van der Waals surface area contributed by atoms with Gasteiger partial charge < -0.3 is 11.5 Å². The molecule has 0 saturated heterocycles. The van der Waals surface area contributed by atoms with Crippen LogP contribution in [-0.2, 0) is 12.8 Å². The Morgan fingerprint density at radius 3 is 1.98 bits per heavy atom. The summed E-state index contributed by atoms with van der Waals surface area (Å²) in [7, 11) is 0. The predicted molar refractivity (Wildman–Crippen MR) is 184 cm³/mol. The van der Waals surface area contributed by atoms with Crippen LogP contribution in [0.4, 0.5) is 11.6 Å². The molecule has 0 aliphatic heterocycles. The van der Waals surface area contributed by atoms with E-state index in [1.165, 1.54) is 38.3 Å². The second-order valence-electron chi connectivity index (χ2n) is 11.2. The summed E-state index contributed by atoms with van der Waals surface area (Å²) in [5.74, 6) is 0.929. The molecule has 0 bridgehead atoms. The topological polar surface area (TPSA) is 150 Å². The van der Waals surface area contributed by atoms with Gasteiger partial charge >= 0.3 is 0 Å². The molecule has 4 heterocycles. The van der Waals surface area contributed by atoms with Gasteiger partial charge in [-0.2, -0.15) is 10.2 Å². The van der Waals surface area contributed by atoms with Crippen molar-refractivity contribution in [2.24, 2.45) is 0 Å².